The molecule has 0 radical (unpaired) electrons. The summed E-state index contributed by atoms with van der Waals surface area (Å²) in [7, 11) is 2.08. The van der Waals surface area contributed by atoms with Crippen molar-refractivity contribution in [2.75, 3.05) is 20.4 Å². The molecule has 0 N–H and O–H groups in total. The molecule has 5 atom stereocenters. The lowest BCUT2D eigenvalue weighted by Gasteiger charge is -2.47. The third-order valence-corrected chi connectivity index (χ3v) is 6.51. The second kappa shape index (κ2) is 6.73. The number of likely N-dealkylation sites (tertiary alicyclic amines) is 1. The Morgan fingerprint density at radius 3 is 2.76 bits per heavy atom. The second-order valence-corrected chi connectivity index (χ2v) is 8.35. The molecule has 154 valence electrons. The quantitative estimate of drug-likeness (QED) is 0.558. The maximum atomic E-state index is 12.8. The molecule has 1 aromatic carbocycles. The van der Waals surface area contributed by atoms with Crippen LogP contribution in [-0.4, -0.2) is 61.3 Å². The predicted octanol–water partition coefficient (Wildman–Crippen LogP) is 1.65. The minimum atomic E-state index is -0.590. The van der Waals surface area contributed by atoms with Crippen molar-refractivity contribution < 1.29 is 33.3 Å². The summed E-state index contributed by atoms with van der Waals surface area (Å²) in [6.45, 7) is 2.41. The number of nitrogens with zero attached hydrogens (tertiary/aromatic N) is 1. The first-order valence-corrected chi connectivity index (χ1v) is 9.96. The van der Waals surface area contributed by atoms with Gasteiger partial charge >= 0.3 is 11.9 Å². The van der Waals surface area contributed by atoms with Gasteiger partial charge in [0.25, 0.3) is 0 Å². The lowest BCUT2D eigenvalue weighted by atomic mass is 9.69. The molecule has 0 unspecified atom stereocenters. The minimum absolute atomic E-state index is 0.124. The molecule has 0 amide bonds. The summed E-state index contributed by atoms with van der Waals surface area (Å²) in [6.07, 6.45) is 0.173. The van der Waals surface area contributed by atoms with Crippen molar-refractivity contribution in [2.45, 2.75) is 50.4 Å². The maximum absolute atomic E-state index is 12.8. The standard InChI is InChI=1S/C21H23NO7/c1-10(23)5-17(24)28-16-6-11-3-4-22(2)19(11)18-12-7-14-15(27-9-26-14)8-13(12)21(25)29-20(16)18/h7-8,11,16,18-20H,3-6,9H2,1-2H3/t11-,16+,18+,19-,20+/m1/s1. The van der Waals surface area contributed by atoms with Crippen molar-refractivity contribution in [3.05, 3.63) is 23.3 Å². The van der Waals surface area contributed by atoms with Crippen LogP contribution in [0.4, 0.5) is 0 Å². The zero-order valence-electron chi connectivity index (χ0n) is 16.4. The van der Waals surface area contributed by atoms with Gasteiger partial charge in [0.05, 0.1) is 5.56 Å². The highest BCUT2D eigenvalue weighted by molar-refractivity contribution is 5.95. The highest BCUT2D eigenvalue weighted by Gasteiger charge is 2.55. The number of ketones is 1. The highest BCUT2D eigenvalue weighted by Crippen LogP contribution is 2.51. The van der Waals surface area contributed by atoms with Gasteiger partial charge in [0.2, 0.25) is 6.79 Å². The average Bonchev–Trinajstić information content (AvgIpc) is 3.26. The second-order valence-electron chi connectivity index (χ2n) is 8.35. The molecular weight excluding hydrogens is 378 g/mol. The van der Waals surface area contributed by atoms with Crippen LogP contribution in [0.2, 0.25) is 0 Å². The number of fused-ring (bicyclic) bond motifs is 6. The summed E-state index contributed by atoms with van der Waals surface area (Å²) >= 11 is 0. The molecule has 3 aliphatic heterocycles. The van der Waals surface area contributed by atoms with E-state index in [4.69, 9.17) is 18.9 Å². The minimum Gasteiger partial charge on any atom is -0.458 e. The van der Waals surface area contributed by atoms with E-state index in [1.807, 2.05) is 6.07 Å². The summed E-state index contributed by atoms with van der Waals surface area (Å²) in [5.74, 6) is 0.0511. The molecule has 29 heavy (non-hydrogen) atoms. The van der Waals surface area contributed by atoms with Gasteiger partial charge in [-0.1, -0.05) is 0 Å². The van der Waals surface area contributed by atoms with Gasteiger partial charge in [-0.25, -0.2) is 4.79 Å². The fraction of sp³-hybridized carbons (Fsp3) is 0.571. The van der Waals surface area contributed by atoms with Gasteiger partial charge in [-0.15, -0.1) is 0 Å². The van der Waals surface area contributed by atoms with Gasteiger partial charge < -0.3 is 23.8 Å². The predicted molar refractivity (Wildman–Crippen MR) is 98.8 cm³/mol. The first-order valence-electron chi connectivity index (χ1n) is 9.96. The zero-order chi connectivity index (χ0) is 20.3. The molecule has 4 aliphatic rings. The van der Waals surface area contributed by atoms with Gasteiger partial charge in [0.1, 0.15) is 24.4 Å². The fourth-order valence-electron chi connectivity index (χ4n) is 5.37. The van der Waals surface area contributed by atoms with E-state index in [0.29, 0.717) is 29.4 Å². The van der Waals surface area contributed by atoms with Crippen molar-refractivity contribution in [1.82, 2.24) is 4.90 Å². The van der Waals surface area contributed by atoms with Crippen molar-refractivity contribution >= 4 is 17.7 Å². The van der Waals surface area contributed by atoms with Gasteiger partial charge in [-0.05, 0) is 57.0 Å². The van der Waals surface area contributed by atoms with E-state index < -0.39 is 24.1 Å². The number of hydrogen-bond donors (Lipinski definition) is 0. The van der Waals surface area contributed by atoms with Gasteiger partial charge in [-0.3, -0.25) is 9.59 Å². The van der Waals surface area contributed by atoms with Crippen molar-refractivity contribution in [1.29, 1.82) is 0 Å². The Kier molecular flexibility index (Phi) is 4.27. The number of hydrogen-bond acceptors (Lipinski definition) is 8. The number of rotatable bonds is 3. The molecule has 1 saturated heterocycles. The third-order valence-electron chi connectivity index (χ3n) is 6.51. The SMILES string of the molecule is CC(=O)CC(=O)O[C@H]1C[C@H]2CCN(C)[C@H]2[C@@H]2c3cc4c(cc3C(=O)O[C@H]21)OCO4. The third kappa shape index (κ3) is 2.97. The van der Waals surface area contributed by atoms with Crippen LogP contribution >= 0.6 is 0 Å². The Bertz CT molecular complexity index is 897. The van der Waals surface area contributed by atoms with E-state index in [0.717, 1.165) is 18.5 Å². The number of Topliss-reactive ketones (excluding diaryl/α,β-unsaturated/α-hetero) is 1. The van der Waals surface area contributed by atoms with E-state index in [2.05, 4.69) is 11.9 Å². The number of likely N-dealkylation sites (N-methyl/N-ethyl adjacent to an activating group) is 1. The van der Waals surface area contributed by atoms with E-state index >= 15 is 0 Å². The summed E-state index contributed by atoms with van der Waals surface area (Å²) in [5, 5.41) is 0. The van der Waals surface area contributed by atoms with Crippen LogP contribution in [0, 0.1) is 5.92 Å². The fourth-order valence-corrected chi connectivity index (χ4v) is 5.37. The van der Waals surface area contributed by atoms with E-state index in [-0.39, 0.29) is 31.0 Å². The summed E-state index contributed by atoms with van der Waals surface area (Å²) in [6, 6.07) is 3.74. The Morgan fingerprint density at radius 1 is 1.24 bits per heavy atom. The molecular formula is C21H23NO7. The number of benzene rings is 1. The van der Waals surface area contributed by atoms with Crippen LogP contribution in [0.15, 0.2) is 12.1 Å². The van der Waals surface area contributed by atoms with E-state index in [1.54, 1.807) is 6.07 Å². The Balaban J connectivity index is 1.55. The summed E-state index contributed by atoms with van der Waals surface area (Å²) < 4.78 is 22.5. The molecule has 1 saturated carbocycles. The molecule has 0 bridgehead atoms. The van der Waals surface area contributed by atoms with Gasteiger partial charge in [-0.2, -0.15) is 0 Å². The monoisotopic (exact) mass is 401 g/mol. The van der Waals surface area contributed by atoms with Crippen LogP contribution in [-0.2, 0) is 19.1 Å². The molecule has 2 fully saturated rings. The first kappa shape index (κ1) is 18.4. The van der Waals surface area contributed by atoms with Crippen molar-refractivity contribution in [3.8, 4) is 11.5 Å². The average molecular weight is 401 g/mol. The first-order chi connectivity index (χ1) is 13.9. The van der Waals surface area contributed by atoms with Crippen LogP contribution in [0.1, 0.15) is 48.0 Å². The zero-order valence-corrected chi connectivity index (χ0v) is 16.4. The molecule has 1 aliphatic carbocycles. The van der Waals surface area contributed by atoms with Crippen LogP contribution in [0.3, 0.4) is 0 Å². The van der Waals surface area contributed by atoms with Gasteiger partial charge in [0, 0.05) is 12.0 Å². The van der Waals surface area contributed by atoms with E-state index in [1.165, 1.54) is 6.92 Å². The molecule has 0 aromatic heterocycles. The largest absolute Gasteiger partial charge is 0.458 e. The lowest BCUT2D eigenvalue weighted by molar-refractivity contribution is -0.164. The lowest BCUT2D eigenvalue weighted by Crippen LogP contribution is -2.55. The number of carbonyl (C=O) groups is 3. The van der Waals surface area contributed by atoms with E-state index in [9.17, 15) is 14.4 Å². The Hall–Kier alpha value is -2.61. The maximum Gasteiger partial charge on any atom is 0.338 e. The van der Waals surface area contributed by atoms with Crippen LogP contribution in [0.5, 0.6) is 11.5 Å². The summed E-state index contributed by atoms with van der Waals surface area (Å²) in [4.78, 5) is 38.6. The normalized spacial score (nSPS) is 32.1. The smallest absolute Gasteiger partial charge is 0.338 e. The Morgan fingerprint density at radius 2 is 2.00 bits per heavy atom. The van der Waals surface area contributed by atoms with Crippen molar-refractivity contribution in [3.63, 3.8) is 0 Å². The molecule has 3 heterocycles. The Labute approximate surface area is 168 Å². The molecule has 0 spiro atoms. The topological polar surface area (TPSA) is 91.4 Å². The summed E-state index contributed by atoms with van der Waals surface area (Å²) in [5.41, 5.74) is 1.33. The van der Waals surface area contributed by atoms with Crippen LogP contribution in [0.25, 0.3) is 0 Å². The van der Waals surface area contributed by atoms with Crippen molar-refractivity contribution in [2.24, 2.45) is 5.92 Å². The highest BCUT2D eigenvalue weighted by atomic mass is 16.7. The molecule has 5 rings (SSSR count). The molecule has 1 aromatic rings. The molecule has 8 heteroatoms. The number of esters is 2. The number of carbonyl (C=O) groups excluding carboxylic acids is 3. The number of ether oxygens (including phenoxy) is 4. The van der Waals surface area contributed by atoms with Gasteiger partial charge in [0.15, 0.2) is 11.5 Å². The van der Waals surface area contributed by atoms with Crippen LogP contribution < -0.4 is 9.47 Å². The molecule has 8 nitrogen and oxygen atoms in total.